The number of nitrogens with one attached hydrogen (secondary N) is 1. The van der Waals surface area contributed by atoms with Crippen LogP contribution in [0, 0.1) is 0 Å². The van der Waals surface area contributed by atoms with E-state index in [0.717, 1.165) is 24.3 Å². The molecule has 0 saturated carbocycles. The fourth-order valence-electron chi connectivity index (χ4n) is 2.04. The topological polar surface area (TPSA) is 53.5 Å². The lowest BCUT2D eigenvalue weighted by molar-refractivity contribution is 0.141. The van der Waals surface area contributed by atoms with Gasteiger partial charge in [-0.25, -0.2) is 0 Å². The molecule has 3 atom stereocenters. The van der Waals surface area contributed by atoms with Gasteiger partial charge in [-0.3, -0.25) is 0 Å². The number of hydrogen-bond donors (Lipinski definition) is 1. The summed E-state index contributed by atoms with van der Waals surface area (Å²) in [6.45, 7) is 9.35. The first-order valence-corrected chi connectivity index (χ1v) is 8.53. The minimum Gasteiger partial charge on any atom is -0.598 e. The summed E-state index contributed by atoms with van der Waals surface area (Å²) in [4.78, 5) is 0. The smallest absolute Gasteiger partial charge is 0.136 e. The molecule has 5 heteroatoms. The van der Waals surface area contributed by atoms with Crippen LogP contribution in [-0.4, -0.2) is 28.6 Å². The van der Waals surface area contributed by atoms with E-state index in [2.05, 4.69) is 4.72 Å². The third-order valence-electron chi connectivity index (χ3n) is 3.41. The minimum absolute atomic E-state index is 0.0360. The second kappa shape index (κ2) is 7.01. The summed E-state index contributed by atoms with van der Waals surface area (Å²) in [6, 6.07) is 8.00. The van der Waals surface area contributed by atoms with Crippen molar-refractivity contribution in [2.24, 2.45) is 0 Å². The fraction of sp³-hybridized carbons (Fsp3) is 0.625. The van der Waals surface area contributed by atoms with E-state index >= 15 is 0 Å². The lowest BCUT2D eigenvalue weighted by Crippen LogP contribution is -2.40. The second-order valence-electron chi connectivity index (χ2n) is 6.39. The molecule has 0 amide bonds. The van der Waals surface area contributed by atoms with Gasteiger partial charge in [-0.2, -0.15) is 0 Å². The van der Waals surface area contributed by atoms with E-state index in [9.17, 15) is 4.55 Å². The molecule has 1 aliphatic heterocycles. The molecule has 1 aliphatic rings. The van der Waals surface area contributed by atoms with Crippen LogP contribution in [0.4, 0.5) is 0 Å². The highest BCUT2D eigenvalue weighted by atomic mass is 32.2. The molecule has 2 rings (SSSR count). The molecular weight excluding hydrogens is 286 g/mol. The van der Waals surface area contributed by atoms with Crippen molar-refractivity contribution in [3.8, 4) is 5.75 Å². The first-order valence-electron chi connectivity index (χ1n) is 7.38. The Morgan fingerprint density at radius 2 is 2.00 bits per heavy atom. The Bertz CT molecular complexity index is 438. The van der Waals surface area contributed by atoms with Gasteiger partial charge in [-0.15, -0.1) is 4.72 Å². The van der Waals surface area contributed by atoms with Crippen molar-refractivity contribution < 1.29 is 14.0 Å². The molecule has 1 fully saturated rings. The first-order chi connectivity index (χ1) is 9.86. The van der Waals surface area contributed by atoms with Gasteiger partial charge in [-0.05, 0) is 45.4 Å². The quantitative estimate of drug-likeness (QED) is 0.849. The van der Waals surface area contributed by atoms with Gasteiger partial charge < -0.3 is 14.0 Å². The molecule has 21 heavy (non-hydrogen) atoms. The summed E-state index contributed by atoms with van der Waals surface area (Å²) < 4.78 is 26.1. The van der Waals surface area contributed by atoms with Crippen LogP contribution >= 0.6 is 0 Å². The third-order valence-corrected chi connectivity index (χ3v) is 5.09. The van der Waals surface area contributed by atoms with Gasteiger partial charge in [0.25, 0.3) is 0 Å². The molecule has 0 aromatic heterocycles. The molecule has 1 aromatic rings. The average Bonchev–Trinajstić information content (AvgIpc) is 2.91. The van der Waals surface area contributed by atoms with Gasteiger partial charge in [-0.1, -0.05) is 12.1 Å². The van der Waals surface area contributed by atoms with Crippen LogP contribution in [-0.2, 0) is 16.1 Å². The molecule has 0 radical (unpaired) electrons. The SMILES string of the molecule is C[C@H](N[S@+]([O-])C(C)(C)C)c1ccc(O[C@@H]2CCOC2)cc1. The van der Waals surface area contributed by atoms with Gasteiger partial charge in [0, 0.05) is 17.8 Å². The largest absolute Gasteiger partial charge is 0.598 e. The highest BCUT2D eigenvalue weighted by molar-refractivity contribution is 7.90. The van der Waals surface area contributed by atoms with Crippen molar-refractivity contribution in [1.82, 2.24) is 4.72 Å². The van der Waals surface area contributed by atoms with E-state index in [1.807, 2.05) is 52.0 Å². The van der Waals surface area contributed by atoms with E-state index in [4.69, 9.17) is 9.47 Å². The maximum atomic E-state index is 12.1. The molecule has 1 saturated heterocycles. The molecular formula is C16H25NO3S. The Balaban J connectivity index is 1.91. The lowest BCUT2D eigenvalue weighted by Gasteiger charge is -2.26. The average molecular weight is 311 g/mol. The van der Waals surface area contributed by atoms with Crippen molar-refractivity contribution in [3.63, 3.8) is 0 Å². The summed E-state index contributed by atoms with van der Waals surface area (Å²) in [6.07, 6.45) is 1.12. The minimum atomic E-state index is -1.07. The Hall–Kier alpha value is -0.750. The number of hydrogen-bond acceptors (Lipinski definition) is 4. The van der Waals surface area contributed by atoms with Gasteiger partial charge in [0.1, 0.15) is 16.6 Å². The molecule has 1 heterocycles. The monoisotopic (exact) mass is 311 g/mol. The van der Waals surface area contributed by atoms with Crippen molar-refractivity contribution in [2.75, 3.05) is 13.2 Å². The Morgan fingerprint density at radius 3 is 2.52 bits per heavy atom. The Labute approximate surface area is 130 Å². The summed E-state index contributed by atoms with van der Waals surface area (Å²) in [5.41, 5.74) is 1.10. The lowest BCUT2D eigenvalue weighted by atomic mass is 10.1. The fourth-order valence-corrected chi connectivity index (χ4v) is 2.85. The maximum Gasteiger partial charge on any atom is 0.136 e. The van der Waals surface area contributed by atoms with Crippen molar-refractivity contribution >= 4 is 11.4 Å². The normalized spacial score (nSPS) is 22.0. The maximum absolute atomic E-state index is 12.1. The summed E-state index contributed by atoms with van der Waals surface area (Å²) in [5.74, 6) is 0.860. The van der Waals surface area contributed by atoms with E-state index < -0.39 is 11.4 Å². The van der Waals surface area contributed by atoms with Crippen LogP contribution in [0.3, 0.4) is 0 Å². The Kier molecular flexibility index (Phi) is 5.54. The van der Waals surface area contributed by atoms with E-state index in [1.54, 1.807) is 0 Å². The second-order valence-corrected chi connectivity index (χ2v) is 8.39. The number of benzene rings is 1. The van der Waals surface area contributed by atoms with Crippen LogP contribution in [0.5, 0.6) is 5.75 Å². The van der Waals surface area contributed by atoms with Crippen molar-refractivity contribution in [1.29, 1.82) is 0 Å². The molecule has 0 aliphatic carbocycles. The highest BCUT2D eigenvalue weighted by Gasteiger charge is 2.28. The van der Waals surface area contributed by atoms with Crippen LogP contribution in [0.1, 0.15) is 45.7 Å². The summed E-state index contributed by atoms with van der Waals surface area (Å²) in [7, 11) is 0. The third kappa shape index (κ3) is 4.88. The summed E-state index contributed by atoms with van der Waals surface area (Å²) >= 11 is -1.07. The molecule has 1 aromatic carbocycles. The molecule has 4 nitrogen and oxygen atoms in total. The van der Waals surface area contributed by atoms with Gasteiger partial charge in [0.2, 0.25) is 0 Å². The van der Waals surface area contributed by atoms with E-state index in [0.29, 0.717) is 6.61 Å². The predicted octanol–water partition coefficient (Wildman–Crippen LogP) is 2.97. The molecule has 1 N–H and O–H groups in total. The molecule has 0 unspecified atom stereocenters. The zero-order chi connectivity index (χ0) is 15.5. The Morgan fingerprint density at radius 1 is 1.33 bits per heavy atom. The standard InChI is InChI=1S/C16H25NO3S/c1-12(17-21(18)16(2,3)4)13-5-7-14(8-6-13)20-15-9-10-19-11-15/h5-8,12,15,17H,9-11H2,1-4H3/t12-,15+,21+/m0/s1. The van der Waals surface area contributed by atoms with Crippen LogP contribution in [0.25, 0.3) is 0 Å². The van der Waals surface area contributed by atoms with Crippen LogP contribution in [0.2, 0.25) is 0 Å². The zero-order valence-electron chi connectivity index (χ0n) is 13.2. The van der Waals surface area contributed by atoms with Gasteiger partial charge in [0.05, 0.1) is 19.3 Å². The highest BCUT2D eigenvalue weighted by Crippen LogP contribution is 2.23. The van der Waals surface area contributed by atoms with Gasteiger partial charge in [0.15, 0.2) is 0 Å². The van der Waals surface area contributed by atoms with Gasteiger partial charge >= 0.3 is 0 Å². The molecule has 0 spiro atoms. The molecule has 118 valence electrons. The predicted molar refractivity (Wildman–Crippen MR) is 85.7 cm³/mol. The number of ether oxygens (including phenoxy) is 2. The summed E-state index contributed by atoms with van der Waals surface area (Å²) in [5, 5.41) is 0. The number of rotatable bonds is 5. The zero-order valence-corrected chi connectivity index (χ0v) is 14.0. The first kappa shape index (κ1) is 16.6. The molecule has 0 bridgehead atoms. The van der Waals surface area contributed by atoms with Crippen LogP contribution in [0.15, 0.2) is 24.3 Å². The van der Waals surface area contributed by atoms with E-state index in [-0.39, 0.29) is 16.9 Å². The van der Waals surface area contributed by atoms with Crippen molar-refractivity contribution in [3.05, 3.63) is 29.8 Å². The van der Waals surface area contributed by atoms with Crippen molar-refractivity contribution in [2.45, 2.75) is 51.0 Å². The van der Waals surface area contributed by atoms with E-state index in [1.165, 1.54) is 0 Å². The van der Waals surface area contributed by atoms with Crippen LogP contribution < -0.4 is 9.46 Å².